The van der Waals surface area contributed by atoms with E-state index in [2.05, 4.69) is 39.0 Å². The lowest BCUT2D eigenvalue weighted by Crippen LogP contribution is -2.06. The van der Waals surface area contributed by atoms with Gasteiger partial charge in [0, 0.05) is 11.1 Å². The third-order valence-electron chi connectivity index (χ3n) is 3.83. The van der Waals surface area contributed by atoms with Gasteiger partial charge in [0.2, 0.25) is 0 Å². The number of hydrogen-bond acceptors (Lipinski definition) is 1. The number of rotatable bonds is 5. The Kier molecular flexibility index (Phi) is 4.73. The highest BCUT2D eigenvalue weighted by atomic mass is 16.1. The highest BCUT2D eigenvalue weighted by molar-refractivity contribution is 6.10. The third-order valence-corrected chi connectivity index (χ3v) is 3.83. The normalized spacial score (nSPS) is 10.6. The van der Waals surface area contributed by atoms with Gasteiger partial charge in [-0.25, -0.2) is 0 Å². The molecule has 0 amide bonds. The molecule has 1 heteroatoms. The van der Waals surface area contributed by atoms with Crippen LogP contribution in [0, 0.1) is 0 Å². The van der Waals surface area contributed by atoms with Crippen molar-refractivity contribution in [2.45, 2.75) is 40.0 Å². The maximum atomic E-state index is 12.7. The van der Waals surface area contributed by atoms with Gasteiger partial charge in [-0.1, -0.05) is 57.2 Å². The van der Waals surface area contributed by atoms with Crippen LogP contribution in [-0.2, 0) is 19.3 Å². The first-order valence-electron chi connectivity index (χ1n) is 7.45. The SMILES string of the molecule is CCc1ccc(C(=O)c2cc(CC)ccc2CC)cc1. The van der Waals surface area contributed by atoms with E-state index in [1.807, 2.05) is 24.3 Å². The van der Waals surface area contributed by atoms with Crippen LogP contribution in [0.25, 0.3) is 0 Å². The molecule has 2 aromatic rings. The van der Waals surface area contributed by atoms with E-state index in [-0.39, 0.29) is 5.78 Å². The van der Waals surface area contributed by atoms with E-state index >= 15 is 0 Å². The predicted molar refractivity (Wildman–Crippen MR) is 84.5 cm³/mol. The first-order valence-corrected chi connectivity index (χ1v) is 7.45. The average molecular weight is 266 g/mol. The molecule has 20 heavy (non-hydrogen) atoms. The van der Waals surface area contributed by atoms with Crippen LogP contribution in [0.3, 0.4) is 0 Å². The summed E-state index contributed by atoms with van der Waals surface area (Å²) in [5, 5.41) is 0. The Balaban J connectivity index is 2.40. The summed E-state index contributed by atoms with van der Waals surface area (Å²) in [6, 6.07) is 14.2. The minimum absolute atomic E-state index is 0.139. The molecule has 0 heterocycles. The first-order chi connectivity index (χ1) is 9.69. The Labute approximate surface area is 121 Å². The van der Waals surface area contributed by atoms with Crippen molar-refractivity contribution in [1.82, 2.24) is 0 Å². The van der Waals surface area contributed by atoms with Crippen LogP contribution in [0.4, 0.5) is 0 Å². The summed E-state index contributed by atoms with van der Waals surface area (Å²) in [4.78, 5) is 12.7. The highest BCUT2D eigenvalue weighted by Crippen LogP contribution is 2.18. The van der Waals surface area contributed by atoms with E-state index < -0.39 is 0 Å². The van der Waals surface area contributed by atoms with Gasteiger partial charge in [0.15, 0.2) is 5.78 Å². The maximum absolute atomic E-state index is 12.7. The lowest BCUT2D eigenvalue weighted by molar-refractivity contribution is 0.103. The van der Waals surface area contributed by atoms with Gasteiger partial charge in [-0.3, -0.25) is 4.79 Å². The fourth-order valence-electron chi connectivity index (χ4n) is 2.41. The van der Waals surface area contributed by atoms with Crippen LogP contribution in [0.15, 0.2) is 42.5 Å². The van der Waals surface area contributed by atoms with Crippen LogP contribution < -0.4 is 0 Å². The molecule has 104 valence electrons. The molecule has 2 rings (SSSR count). The molecule has 0 aliphatic heterocycles. The van der Waals surface area contributed by atoms with Crippen molar-refractivity contribution in [2.75, 3.05) is 0 Å². The standard InChI is InChI=1S/C19H22O/c1-4-14-7-11-17(12-8-14)19(20)18-13-15(5-2)9-10-16(18)6-3/h7-13H,4-6H2,1-3H3. The average Bonchev–Trinajstić information content (AvgIpc) is 2.53. The summed E-state index contributed by atoms with van der Waals surface area (Å²) in [7, 11) is 0. The lowest BCUT2D eigenvalue weighted by atomic mass is 9.94. The summed E-state index contributed by atoms with van der Waals surface area (Å²) >= 11 is 0. The zero-order chi connectivity index (χ0) is 14.5. The number of ketones is 1. The molecule has 1 nitrogen and oxygen atoms in total. The molecule has 0 unspecified atom stereocenters. The predicted octanol–water partition coefficient (Wildman–Crippen LogP) is 4.60. The molecular weight excluding hydrogens is 244 g/mol. The molecule has 0 N–H and O–H groups in total. The summed E-state index contributed by atoms with van der Waals surface area (Å²) in [5.41, 5.74) is 5.25. The van der Waals surface area contributed by atoms with Crippen LogP contribution >= 0.6 is 0 Å². The summed E-state index contributed by atoms with van der Waals surface area (Å²) in [5.74, 6) is 0.139. The fourth-order valence-corrected chi connectivity index (χ4v) is 2.41. The molecule has 0 radical (unpaired) electrons. The zero-order valence-electron chi connectivity index (χ0n) is 12.6. The molecule has 0 bridgehead atoms. The number of hydrogen-bond donors (Lipinski definition) is 0. The largest absolute Gasteiger partial charge is 0.289 e. The van der Waals surface area contributed by atoms with Crippen molar-refractivity contribution in [2.24, 2.45) is 0 Å². The summed E-state index contributed by atoms with van der Waals surface area (Å²) in [6.07, 6.45) is 2.84. The van der Waals surface area contributed by atoms with Crippen molar-refractivity contribution in [3.63, 3.8) is 0 Å². The van der Waals surface area contributed by atoms with Gasteiger partial charge in [0.1, 0.15) is 0 Å². The molecule has 0 fully saturated rings. The first kappa shape index (κ1) is 14.5. The van der Waals surface area contributed by atoms with E-state index in [0.717, 1.165) is 36.0 Å². The van der Waals surface area contributed by atoms with E-state index in [0.29, 0.717) is 0 Å². The second kappa shape index (κ2) is 6.51. The number of carbonyl (C=O) groups is 1. The van der Waals surface area contributed by atoms with Gasteiger partial charge in [-0.15, -0.1) is 0 Å². The molecule has 0 aromatic heterocycles. The molecule has 2 aromatic carbocycles. The van der Waals surface area contributed by atoms with Crippen LogP contribution in [0.5, 0.6) is 0 Å². The van der Waals surface area contributed by atoms with Crippen LogP contribution in [-0.4, -0.2) is 5.78 Å². The molecule has 0 atom stereocenters. The van der Waals surface area contributed by atoms with Gasteiger partial charge in [-0.05, 0) is 42.0 Å². The third kappa shape index (κ3) is 2.98. The second-order valence-corrected chi connectivity index (χ2v) is 5.08. The Bertz CT molecular complexity index is 594. The maximum Gasteiger partial charge on any atom is 0.193 e. The lowest BCUT2D eigenvalue weighted by Gasteiger charge is -2.09. The highest BCUT2D eigenvalue weighted by Gasteiger charge is 2.13. The molecule has 0 aliphatic rings. The zero-order valence-corrected chi connectivity index (χ0v) is 12.6. The van der Waals surface area contributed by atoms with Crippen molar-refractivity contribution in [3.8, 4) is 0 Å². The van der Waals surface area contributed by atoms with E-state index in [1.54, 1.807) is 0 Å². The van der Waals surface area contributed by atoms with Crippen LogP contribution in [0.2, 0.25) is 0 Å². The minimum atomic E-state index is 0.139. The van der Waals surface area contributed by atoms with Crippen LogP contribution in [0.1, 0.15) is 53.4 Å². The Hall–Kier alpha value is -1.89. The molecule has 0 aliphatic carbocycles. The van der Waals surface area contributed by atoms with E-state index in [4.69, 9.17) is 0 Å². The fraction of sp³-hybridized carbons (Fsp3) is 0.316. The minimum Gasteiger partial charge on any atom is -0.289 e. The van der Waals surface area contributed by atoms with Crippen molar-refractivity contribution < 1.29 is 4.79 Å². The summed E-state index contributed by atoms with van der Waals surface area (Å²) in [6.45, 7) is 6.33. The second-order valence-electron chi connectivity index (χ2n) is 5.08. The van der Waals surface area contributed by atoms with E-state index in [9.17, 15) is 4.79 Å². The Morgan fingerprint density at radius 2 is 1.40 bits per heavy atom. The number of aryl methyl sites for hydroxylation is 3. The number of benzene rings is 2. The molecular formula is C19H22O. The van der Waals surface area contributed by atoms with E-state index in [1.165, 1.54) is 11.1 Å². The smallest absolute Gasteiger partial charge is 0.193 e. The number of carbonyl (C=O) groups excluding carboxylic acids is 1. The van der Waals surface area contributed by atoms with Gasteiger partial charge in [0.05, 0.1) is 0 Å². The topological polar surface area (TPSA) is 17.1 Å². The van der Waals surface area contributed by atoms with Gasteiger partial charge in [-0.2, -0.15) is 0 Å². The molecule has 0 saturated heterocycles. The van der Waals surface area contributed by atoms with Crippen molar-refractivity contribution in [1.29, 1.82) is 0 Å². The monoisotopic (exact) mass is 266 g/mol. The quantitative estimate of drug-likeness (QED) is 0.723. The van der Waals surface area contributed by atoms with Crippen molar-refractivity contribution >= 4 is 5.78 Å². The summed E-state index contributed by atoms with van der Waals surface area (Å²) < 4.78 is 0. The Morgan fingerprint density at radius 1 is 0.800 bits per heavy atom. The van der Waals surface area contributed by atoms with Crippen molar-refractivity contribution in [3.05, 3.63) is 70.3 Å². The molecule has 0 saturated carbocycles. The van der Waals surface area contributed by atoms with Gasteiger partial charge in [0.25, 0.3) is 0 Å². The van der Waals surface area contributed by atoms with Gasteiger partial charge >= 0.3 is 0 Å². The van der Waals surface area contributed by atoms with Gasteiger partial charge < -0.3 is 0 Å². The Morgan fingerprint density at radius 3 is 1.95 bits per heavy atom. The molecule has 0 spiro atoms.